The predicted octanol–water partition coefficient (Wildman–Crippen LogP) is 4.22. The first-order chi connectivity index (χ1) is 10.0. The normalized spacial score (nSPS) is 12.9. The van der Waals surface area contributed by atoms with Crippen molar-refractivity contribution in [1.82, 2.24) is 10.2 Å². The molecule has 1 aromatic rings. The highest BCUT2D eigenvalue weighted by Crippen LogP contribution is 2.25. The van der Waals surface area contributed by atoms with Gasteiger partial charge in [0.15, 0.2) is 0 Å². The van der Waals surface area contributed by atoms with Crippen LogP contribution < -0.4 is 5.32 Å². The van der Waals surface area contributed by atoms with E-state index in [9.17, 15) is 4.39 Å². The van der Waals surface area contributed by atoms with Gasteiger partial charge in [0.2, 0.25) is 0 Å². The van der Waals surface area contributed by atoms with E-state index >= 15 is 0 Å². The summed E-state index contributed by atoms with van der Waals surface area (Å²) in [5, 5.41) is 3.52. The molecule has 0 saturated carbocycles. The van der Waals surface area contributed by atoms with Crippen LogP contribution in [0, 0.1) is 19.7 Å². The Morgan fingerprint density at radius 1 is 1.14 bits per heavy atom. The Bertz CT molecular complexity index is 404. The number of hydrogen-bond acceptors (Lipinski definition) is 2. The molecule has 3 heteroatoms. The van der Waals surface area contributed by atoms with E-state index in [1.807, 2.05) is 13.8 Å². The zero-order valence-electron chi connectivity index (χ0n) is 14.3. The number of nitrogens with zero attached hydrogens (tertiary/aromatic N) is 1. The number of nitrogens with one attached hydrogen (secondary N) is 1. The molecule has 1 aromatic carbocycles. The summed E-state index contributed by atoms with van der Waals surface area (Å²) in [7, 11) is 0. The first kappa shape index (κ1) is 18.1. The van der Waals surface area contributed by atoms with Crippen molar-refractivity contribution in [2.45, 2.75) is 53.5 Å². The Hall–Kier alpha value is -0.930. The van der Waals surface area contributed by atoms with Crippen molar-refractivity contribution >= 4 is 0 Å². The van der Waals surface area contributed by atoms with Gasteiger partial charge < -0.3 is 10.2 Å². The molecule has 0 spiro atoms. The molecular weight excluding hydrogens is 263 g/mol. The van der Waals surface area contributed by atoms with Gasteiger partial charge >= 0.3 is 0 Å². The summed E-state index contributed by atoms with van der Waals surface area (Å²) in [5.74, 6) is -0.0688. The third kappa shape index (κ3) is 5.40. The minimum absolute atomic E-state index is 0.0688. The third-order valence-electron chi connectivity index (χ3n) is 4.10. The second-order valence-electron chi connectivity index (χ2n) is 5.80. The summed E-state index contributed by atoms with van der Waals surface area (Å²) in [6.07, 6.45) is 2.01. The third-order valence-corrected chi connectivity index (χ3v) is 4.10. The van der Waals surface area contributed by atoms with Crippen LogP contribution in [0.2, 0.25) is 0 Å². The highest BCUT2D eigenvalue weighted by Gasteiger charge is 2.18. The van der Waals surface area contributed by atoms with Crippen molar-refractivity contribution in [2.75, 3.05) is 26.2 Å². The van der Waals surface area contributed by atoms with Gasteiger partial charge in [0.05, 0.1) is 0 Å². The molecule has 0 aliphatic rings. The molecule has 0 aliphatic carbocycles. The van der Waals surface area contributed by atoms with Crippen molar-refractivity contribution in [3.8, 4) is 0 Å². The molecule has 0 saturated heterocycles. The number of aryl methyl sites for hydroxylation is 2. The smallest absolute Gasteiger partial charge is 0.128 e. The molecule has 0 radical (unpaired) electrons. The molecule has 1 rings (SSSR count). The van der Waals surface area contributed by atoms with Gasteiger partial charge in [-0.25, -0.2) is 4.39 Å². The molecule has 0 aliphatic heterocycles. The van der Waals surface area contributed by atoms with E-state index in [0.717, 1.165) is 55.7 Å². The molecule has 1 atom stereocenters. The zero-order valence-corrected chi connectivity index (χ0v) is 14.3. The lowest BCUT2D eigenvalue weighted by molar-refractivity contribution is 0.280. The van der Waals surface area contributed by atoms with Crippen LogP contribution in [0.5, 0.6) is 0 Å². The SMILES string of the molecule is CCCNC(CCN(CC)CC)c1c(C)cc(C)cc1F. The highest BCUT2D eigenvalue weighted by atomic mass is 19.1. The minimum atomic E-state index is -0.0688. The maximum Gasteiger partial charge on any atom is 0.128 e. The quantitative estimate of drug-likeness (QED) is 0.734. The molecule has 1 unspecified atom stereocenters. The number of halogens is 1. The fraction of sp³-hybridized carbons (Fsp3) is 0.667. The molecular formula is C18H31FN2. The Morgan fingerprint density at radius 3 is 2.33 bits per heavy atom. The van der Waals surface area contributed by atoms with Gasteiger partial charge in [-0.15, -0.1) is 0 Å². The second kappa shape index (κ2) is 9.16. The molecule has 0 fully saturated rings. The second-order valence-corrected chi connectivity index (χ2v) is 5.80. The van der Waals surface area contributed by atoms with Crippen molar-refractivity contribution in [1.29, 1.82) is 0 Å². The van der Waals surface area contributed by atoms with Crippen LogP contribution in [0.25, 0.3) is 0 Å². The first-order valence-electron chi connectivity index (χ1n) is 8.25. The van der Waals surface area contributed by atoms with Crippen LogP contribution >= 0.6 is 0 Å². The lowest BCUT2D eigenvalue weighted by atomic mass is 9.96. The van der Waals surface area contributed by atoms with Crippen LogP contribution in [0.4, 0.5) is 4.39 Å². The molecule has 0 aromatic heterocycles. The topological polar surface area (TPSA) is 15.3 Å². The van der Waals surface area contributed by atoms with Gasteiger partial charge in [-0.3, -0.25) is 0 Å². The summed E-state index contributed by atoms with van der Waals surface area (Å²) in [4.78, 5) is 2.39. The van der Waals surface area contributed by atoms with Gasteiger partial charge in [0, 0.05) is 11.6 Å². The van der Waals surface area contributed by atoms with E-state index in [1.54, 1.807) is 6.07 Å². The Labute approximate surface area is 129 Å². The standard InChI is InChI=1S/C18H31FN2/c1-6-10-20-17(9-11-21(7-2)8-3)18-15(5)12-14(4)13-16(18)19/h12-13,17,20H,6-11H2,1-5H3. The molecule has 0 heterocycles. The van der Waals surface area contributed by atoms with E-state index < -0.39 is 0 Å². The fourth-order valence-electron chi connectivity index (χ4n) is 2.89. The van der Waals surface area contributed by atoms with Crippen molar-refractivity contribution in [2.24, 2.45) is 0 Å². The van der Waals surface area contributed by atoms with Gasteiger partial charge in [-0.05, 0) is 70.1 Å². The minimum Gasteiger partial charge on any atom is -0.310 e. The van der Waals surface area contributed by atoms with E-state index in [4.69, 9.17) is 0 Å². The van der Waals surface area contributed by atoms with Crippen molar-refractivity contribution in [3.05, 3.63) is 34.6 Å². The van der Waals surface area contributed by atoms with Crippen molar-refractivity contribution < 1.29 is 4.39 Å². The Balaban J connectivity index is 2.91. The number of rotatable bonds is 9. The lowest BCUT2D eigenvalue weighted by Gasteiger charge is -2.25. The van der Waals surface area contributed by atoms with Crippen LogP contribution in [0.3, 0.4) is 0 Å². The van der Waals surface area contributed by atoms with Gasteiger partial charge in [-0.1, -0.05) is 26.8 Å². The number of hydrogen-bond donors (Lipinski definition) is 1. The summed E-state index contributed by atoms with van der Waals surface area (Å²) in [6, 6.07) is 3.84. The average molecular weight is 294 g/mol. The zero-order chi connectivity index (χ0) is 15.8. The van der Waals surface area contributed by atoms with E-state index in [1.165, 1.54) is 0 Å². The summed E-state index contributed by atoms with van der Waals surface area (Å²) >= 11 is 0. The molecule has 2 nitrogen and oxygen atoms in total. The summed E-state index contributed by atoms with van der Waals surface area (Å²) < 4.78 is 14.4. The molecule has 120 valence electrons. The predicted molar refractivity (Wildman–Crippen MR) is 89.3 cm³/mol. The van der Waals surface area contributed by atoms with Crippen molar-refractivity contribution in [3.63, 3.8) is 0 Å². The Kier molecular flexibility index (Phi) is 7.91. The van der Waals surface area contributed by atoms with Crippen LogP contribution in [-0.4, -0.2) is 31.1 Å². The first-order valence-corrected chi connectivity index (χ1v) is 8.25. The van der Waals surface area contributed by atoms with Crippen LogP contribution in [0.15, 0.2) is 12.1 Å². The average Bonchev–Trinajstić information content (AvgIpc) is 2.43. The maximum absolute atomic E-state index is 14.4. The largest absolute Gasteiger partial charge is 0.310 e. The van der Waals surface area contributed by atoms with Gasteiger partial charge in [-0.2, -0.15) is 0 Å². The van der Waals surface area contributed by atoms with Crippen LogP contribution in [-0.2, 0) is 0 Å². The summed E-state index contributed by atoms with van der Waals surface area (Å²) in [6.45, 7) is 14.5. The lowest BCUT2D eigenvalue weighted by Crippen LogP contribution is -2.30. The maximum atomic E-state index is 14.4. The van der Waals surface area contributed by atoms with Gasteiger partial charge in [0.25, 0.3) is 0 Å². The molecule has 1 N–H and O–H groups in total. The molecule has 0 amide bonds. The number of benzene rings is 1. The van der Waals surface area contributed by atoms with E-state index in [0.29, 0.717) is 0 Å². The van der Waals surface area contributed by atoms with E-state index in [2.05, 4.69) is 37.1 Å². The van der Waals surface area contributed by atoms with E-state index in [-0.39, 0.29) is 11.9 Å². The fourth-order valence-corrected chi connectivity index (χ4v) is 2.89. The molecule has 21 heavy (non-hydrogen) atoms. The van der Waals surface area contributed by atoms with Gasteiger partial charge in [0.1, 0.15) is 5.82 Å². The summed E-state index contributed by atoms with van der Waals surface area (Å²) in [5.41, 5.74) is 2.90. The molecule has 0 bridgehead atoms. The van der Waals surface area contributed by atoms with Crippen LogP contribution in [0.1, 0.15) is 56.3 Å². The highest BCUT2D eigenvalue weighted by molar-refractivity contribution is 5.34. The Morgan fingerprint density at radius 2 is 1.81 bits per heavy atom. The monoisotopic (exact) mass is 294 g/mol.